The maximum absolute atomic E-state index is 12.2. The Bertz CT molecular complexity index is 536. The molecule has 1 amide bonds. The van der Waals surface area contributed by atoms with Gasteiger partial charge in [0.05, 0.1) is 31.1 Å². The van der Waals surface area contributed by atoms with Crippen LogP contribution in [0.3, 0.4) is 0 Å². The maximum atomic E-state index is 12.2. The smallest absolute Gasteiger partial charge is 0.238 e. The first kappa shape index (κ1) is 18.9. The fraction of sp³-hybridized carbons (Fsp3) is 0.750. The minimum atomic E-state index is -0.592. The van der Waals surface area contributed by atoms with E-state index < -0.39 is 11.5 Å². The molecule has 2 rings (SSSR count). The molecular weight excluding hydrogens is 312 g/mol. The molecule has 0 saturated carbocycles. The number of rotatable bonds is 8. The normalized spacial score (nSPS) is 24.9. The Morgan fingerprint density at radius 3 is 3.00 bits per heavy atom. The van der Waals surface area contributed by atoms with Crippen LogP contribution in [-0.2, 0) is 16.6 Å². The van der Waals surface area contributed by atoms with Gasteiger partial charge >= 0.3 is 0 Å². The first-order valence-corrected chi connectivity index (χ1v) is 8.28. The average molecular weight is 340 g/mol. The Hall–Kier alpha value is -1.48. The number of ether oxygens (including phenoxy) is 1. The molecule has 0 spiro atoms. The van der Waals surface area contributed by atoms with Crippen LogP contribution in [0.25, 0.3) is 0 Å². The molecule has 1 aromatic heterocycles. The Labute approximate surface area is 142 Å². The minimum Gasteiger partial charge on any atom is -0.396 e. The first-order valence-electron chi connectivity index (χ1n) is 8.28. The molecule has 0 unspecified atom stereocenters. The molecule has 0 aromatic carbocycles. The van der Waals surface area contributed by atoms with Crippen LogP contribution in [0.1, 0.15) is 19.3 Å². The van der Waals surface area contributed by atoms with Crippen LogP contribution in [-0.4, -0.2) is 76.9 Å². The van der Waals surface area contributed by atoms with Crippen LogP contribution in [0.5, 0.6) is 0 Å². The second-order valence-corrected chi connectivity index (χ2v) is 6.58. The third-order valence-corrected chi connectivity index (χ3v) is 4.66. The summed E-state index contributed by atoms with van der Waals surface area (Å²) in [5.74, 6) is -0.122. The number of aromatic nitrogens is 2. The number of nitrogens with one attached hydrogen (secondary N) is 1. The monoisotopic (exact) mass is 340 g/mol. The molecule has 24 heavy (non-hydrogen) atoms. The number of amides is 1. The highest BCUT2D eigenvalue weighted by Gasteiger charge is 2.42. The molecule has 2 atom stereocenters. The van der Waals surface area contributed by atoms with Gasteiger partial charge in [-0.2, -0.15) is 5.10 Å². The number of carbonyl (C=O) groups is 1. The van der Waals surface area contributed by atoms with Gasteiger partial charge in [0, 0.05) is 45.5 Å². The lowest BCUT2D eigenvalue weighted by atomic mass is 9.74. The largest absolute Gasteiger partial charge is 0.396 e. The molecule has 1 saturated heterocycles. The zero-order valence-electron chi connectivity index (χ0n) is 14.4. The van der Waals surface area contributed by atoms with Crippen LogP contribution in [0.15, 0.2) is 12.4 Å². The third kappa shape index (κ3) is 4.76. The second kappa shape index (κ2) is 8.57. The number of aliphatic hydroxyl groups is 2. The van der Waals surface area contributed by atoms with Crippen molar-refractivity contribution < 1.29 is 19.7 Å². The van der Waals surface area contributed by atoms with E-state index >= 15 is 0 Å². The summed E-state index contributed by atoms with van der Waals surface area (Å²) < 4.78 is 6.69. The van der Waals surface area contributed by atoms with Crippen molar-refractivity contribution in [2.75, 3.05) is 45.3 Å². The van der Waals surface area contributed by atoms with Crippen LogP contribution in [0.4, 0.5) is 5.69 Å². The summed E-state index contributed by atoms with van der Waals surface area (Å²) in [7, 11) is 3.43. The molecule has 136 valence electrons. The summed E-state index contributed by atoms with van der Waals surface area (Å²) in [5.41, 5.74) is 0.0683. The van der Waals surface area contributed by atoms with E-state index in [1.807, 2.05) is 4.90 Å². The van der Waals surface area contributed by atoms with E-state index in [2.05, 4.69) is 10.4 Å². The lowest BCUT2D eigenvalue weighted by Gasteiger charge is -2.45. The van der Waals surface area contributed by atoms with Crippen molar-refractivity contribution in [3.05, 3.63) is 12.4 Å². The number of aryl methyl sites for hydroxylation is 1. The van der Waals surface area contributed by atoms with E-state index in [4.69, 9.17) is 4.74 Å². The standard InChI is InChI=1S/C16H28N4O4/c1-19-9-13(8-17-19)18-15(23)10-20-6-4-14(22)16(11-20,12-21)5-3-7-24-2/h8-9,14,21-22H,3-7,10-12H2,1-2H3,(H,18,23)/t14-,16+/m1/s1. The number of nitrogens with zero attached hydrogens (tertiary/aromatic N) is 3. The lowest BCUT2D eigenvalue weighted by Crippen LogP contribution is -2.55. The fourth-order valence-electron chi connectivity index (χ4n) is 3.31. The van der Waals surface area contributed by atoms with Gasteiger partial charge in [-0.25, -0.2) is 0 Å². The highest BCUT2D eigenvalue weighted by Crippen LogP contribution is 2.34. The highest BCUT2D eigenvalue weighted by molar-refractivity contribution is 5.91. The van der Waals surface area contributed by atoms with Gasteiger partial charge < -0.3 is 20.3 Å². The molecule has 0 radical (unpaired) electrons. The third-order valence-electron chi connectivity index (χ3n) is 4.66. The van der Waals surface area contributed by atoms with E-state index in [-0.39, 0.29) is 19.1 Å². The van der Waals surface area contributed by atoms with Crippen LogP contribution in [0, 0.1) is 5.41 Å². The van der Waals surface area contributed by atoms with Gasteiger partial charge in [0.15, 0.2) is 0 Å². The Morgan fingerprint density at radius 1 is 1.58 bits per heavy atom. The maximum Gasteiger partial charge on any atom is 0.238 e. The zero-order valence-corrected chi connectivity index (χ0v) is 14.4. The van der Waals surface area contributed by atoms with Crippen molar-refractivity contribution in [3.63, 3.8) is 0 Å². The Balaban J connectivity index is 1.91. The molecule has 8 heteroatoms. The number of piperidine rings is 1. The van der Waals surface area contributed by atoms with E-state index in [1.165, 1.54) is 0 Å². The van der Waals surface area contributed by atoms with Gasteiger partial charge in [0.2, 0.25) is 5.91 Å². The van der Waals surface area contributed by atoms with Crippen LogP contribution < -0.4 is 5.32 Å². The van der Waals surface area contributed by atoms with E-state index in [1.54, 1.807) is 31.2 Å². The summed E-state index contributed by atoms with van der Waals surface area (Å²) in [5, 5.41) is 27.1. The Kier molecular flexibility index (Phi) is 6.73. The van der Waals surface area contributed by atoms with E-state index in [0.717, 1.165) is 6.42 Å². The van der Waals surface area contributed by atoms with Gasteiger partial charge in [0.1, 0.15) is 0 Å². The number of carbonyl (C=O) groups excluding carboxylic acids is 1. The molecule has 3 N–H and O–H groups in total. The van der Waals surface area contributed by atoms with Crippen LogP contribution >= 0.6 is 0 Å². The quantitative estimate of drug-likeness (QED) is 0.568. The molecule has 1 aromatic rings. The minimum absolute atomic E-state index is 0.0986. The SMILES string of the molecule is COCCC[C@@]1(CO)CN(CC(=O)Nc2cnn(C)c2)CC[C@H]1O. The van der Waals surface area contributed by atoms with Crippen LogP contribution in [0.2, 0.25) is 0 Å². The summed E-state index contributed by atoms with van der Waals surface area (Å²) in [6.45, 7) is 1.85. The number of aliphatic hydroxyl groups excluding tert-OH is 2. The number of hydrogen-bond donors (Lipinski definition) is 3. The fourth-order valence-corrected chi connectivity index (χ4v) is 3.31. The summed E-state index contributed by atoms with van der Waals surface area (Å²) in [4.78, 5) is 14.2. The zero-order chi connectivity index (χ0) is 17.6. The van der Waals surface area contributed by atoms with Gasteiger partial charge in [0.25, 0.3) is 0 Å². The number of likely N-dealkylation sites (tertiary alicyclic amines) is 1. The topological polar surface area (TPSA) is 99.9 Å². The van der Waals surface area contributed by atoms with Crippen molar-refractivity contribution in [2.24, 2.45) is 12.5 Å². The van der Waals surface area contributed by atoms with Crippen molar-refractivity contribution >= 4 is 11.6 Å². The summed E-state index contributed by atoms with van der Waals surface area (Å²) >= 11 is 0. The molecule has 1 aliphatic heterocycles. The number of hydrogen-bond acceptors (Lipinski definition) is 6. The van der Waals surface area contributed by atoms with Crippen molar-refractivity contribution in [2.45, 2.75) is 25.4 Å². The number of anilines is 1. The first-order chi connectivity index (χ1) is 11.5. The second-order valence-electron chi connectivity index (χ2n) is 6.58. The molecular formula is C16H28N4O4. The summed E-state index contributed by atoms with van der Waals surface area (Å²) in [6.07, 6.45) is 4.76. The molecule has 1 fully saturated rings. The van der Waals surface area contributed by atoms with Crippen molar-refractivity contribution in [1.29, 1.82) is 0 Å². The molecule has 8 nitrogen and oxygen atoms in total. The van der Waals surface area contributed by atoms with Crippen molar-refractivity contribution in [1.82, 2.24) is 14.7 Å². The van der Waals surface area contributed by atoms with Gasteiger partial charge in [-0.05, 0) is 19.3 Å². The molecule has 1 aliphatic rings. The molecule has 0 bridgehead atoms. The van der Waals surface area contributed by atoms with Crippen molar-refractivity contribution in [3.8, 4) is 0 Å². The predicted octanol–water partition coefficient (Wildman–Crippen LogP) is -0.169. The summed E-state index contributed by atoms with van der Waals surface area (Å²) in [6, 6.07) is 0. The van der Waals surface area contributed by atoms with Gasteiger partial charge in [-0.3, -0.25) is 14.4 Å². The van der Waals surface area contributed by atoms with E-state index in [0.29, 0.717) is 38.2 Å². The highest BCUT2D eigenvalue weighted by atomic mass is 16.5. The van der Waals surface area contributed by atoms with Gasteiger partial charge in [-0.1, -0.05) is 0 Å². The lowest BCUT2D eigenvalue weighted by molar-refractivity contribution is -0.122. The average Bonchev–Trinajstić information content (AvgIpc) is 2.95. The number of methoxy groups -OCH3 is 1. The molecule has 2 heterocycles. The Morgan fingerprint density at radius 2 is 2.38 bits per heavy atom. The molecule has 0 aliphatic carbocycles. The van der Waals surface area contributed by atoms with Gasteiger partial charge in [-0.15, -0.1) is 0 Å². The van der Waals surface area contributed by atoms with E-state index in [9.17, 15) is 15.0 Å². The predicted molar refractivity (Wildman–Crippen MR) is 89.5 cm³/mol.